The highest BCUT2D eigenvalue weighted by Gasteiger charge is 2.52. The van der Waals surface area contributed by atoms with Gasteiger partial charge in [0.1, 0.15) is 11.2 Å². The summed E-state index contributed by atoms with van der Waals surface area (Å²) in [5.74, 6) is 0. The Hall–Kier alpha value is -10.5. The molecule has 388 valence electrons. The van der Waals surface area contributed by atoms with Crippen LogP contribution in [0.2, 0.25) is 0 Å². The van der Waals surface area contributed by atoms with E-state index < -0.39 is 16.2 Å². The molecule has 0 unspecified atom stereocenters. The van der Waals surface area contributed by atoms with E-state index in [1.807, 2.05) is 0 Å². The third-order valence-corrected chi connectivity index (χ3v) is 18.7. The van der Waals surface area contributed by atoms with E-state index in [9.17, 15) is 0 Å². The third-order valence-electron chi connectivity index (χ3n) is 18.7. The second-order valence-corrected chi connectivity index (χ2v) is 22.6. The van der Waals surface area contributed by atoms with Crippen LogP contribution in [0.5, 0.6) is 0 Å². The van der Waals surface area contributed by atoms with Crippen LogP contribution in [0.3, 0.4) is 0 Å². The summed E-state index contributed by atoms with van der Waals surface area (Å²) in [6, 6.07) is 120. The number of benzene rings is 13. The summed E-state index contributed by atoms with van der Waals surface area (Å²) in [7, 11) is 0. The van der Waals surface area contributed by atoms with E-state index in [2.05, 4.69) is 326 Å². The average molecular weight is 1060 g/mol. The predicted molar refractivity (Wildman–Crippen MR) is 340 cm³/mol. The monoisotopic (exact) mass is 1060 g/mol. The molecule has 0 N–H and O–H groups in total. The van der Waals surface area contributed by atoms with E-state index >= 15 is 0 Å². The molecule has 17 rings (SSSR count). The Bertz CT molecular complexity index is 4710. The maximum atomic E-state index is 6.82. The largest absolute Gasteiger partial charge is 0.456 e. The van der Waals surface area contributed by atoms with Gasteiger partial charge >= 0.3 is 0 Å². The van der Waals surface area contributed by atoms with Crippen molar-refractivity contribution < 1.29 is 4.42 Å². The van der Waals surface area contributed by atoms with Gasteiger partial charge in [-0.1, -0.05) is 255 Å². The lowest BCUT2D eigenvalue weighted by Crippen LogP contribution is -2.30. The third kappa shape index (κ3) is 6.55. The first-order chi connectivity index (χ1) is 41.2. The lowest BCUT2D eigenvalue weighted by molar-refractivity contribution is 0.668. The zero-order chi connectivity index (χ0) is 54.7. The van der Waals surface area contributed by atoms with E-state index in [4.69, 9.17) is 4.42 Å². The van der Waals surface area contributed by atoms with Crippen LogP contribution in [0.1, 0.15) is 66.8 Å². The number of anilines is 3. The topological polar surface area (TPSA) is 16.4 Å². The average Bonchev–Trinajstić information content (AvgIpc) is 2.72. The number of furan rings is 1. The van der Waals surface area contributed by atoms with Crippen molar-refractivity contribution in [3.63, 3.8) is 0 Å². The molecule has 3 aliphatic carbocycles. The molecule has 2 nitrogen and oxygen atoms in total. The Balaban J connectivity index is 0.902. The molecular weight excluding hydrogens is 1000 g/mol. The molecule has 1 aromatic heterocycles. The van der Waals surface area contributed by atoms with Crippen molar-refractivity contribution in [1.29, 1.82) is 0 Å². The molecule has 14 aromatic rings. The fourth-order valence-electron chi connectivity index (χ4n) is 15.4. The molecular formula is C81H53NO. The van der Waals surface area contributed by atoms with E-state index in [0.717, 1.165) is 39.0 Å². The first kappa shape index (κ1) is 47.3. The quantitative estimate of drug-likeness (QED) is 0.143. The molecule has 3 aliphatic rings. The maximum absolute atomic E-state index is 6.82. The molecule has 0 saturated heterocycles. The molecule has 0 radical (unpaired) electrons. The van der Waals surface area contributed by atoms with E-state index in [1.54, 1.807) is 0 Å². The van der Waals surface area contributed by atoms with Gasteiger partial charge in [0, 0.05) is 27.8 Å². The maximum Gasteiger partial charge on any atom is 0.135 e. The second kappa shape index (κ2) is 18.2. The van der Waals surface area contributed by atoms with Crippen molar-refractivity contribution in [3.05, 3.63) is 388 Å². The molecule has 0 bridgehead atoms. The fourth-order valence-corrected chi connectivity index (χ4v) is 15.4. The second-order valence-electron chi connectivity index (χ2n) is 22.6. The van der Waals surface area contributed by atoms with Crippen LogP contribution >= 0.6 is 0 Å². The highest BCUT2D eigenvalue weighted by molar-refractivity contribution is 6.07. The van der Waals surface area contributed by atoms with Gasteiger partial charge in [0.05, 0.1) is 16.2 Å². The summed E-state index contributed by atoms with van der Waals surface area (Å²) in [5.41, 5.74) is 25.7. The number of fused-ring (bicyclic) bond motifs is 12. The van der Waals surface area contributed by atoms with Gasteiger partial charge in [0.15, 0.2) is 0 Å². The first-order valence-corrected chi connectivity index (χ1v) is 28.9. The molecule has 0 saturated carbocycles. The van der Waals surface area contributed by atoms with Crippen LogP contribution in [-0.2, 0) is 16.2 Å². The minimum absolute atomic E-state index is 0.542. The molecule has 1 heterocycles. The van der Waals surface area contributed by atoms with Gasteiger partial charge in [0.25, 0.3) is 0 Å². The molecule has 2 heteroatoms. The minimum Gasteiger partial charge on any atom is -0.456 e. The Kier molecular flexibility index (Phi) is 10.4. The summed E-state index contributed by atoms with van der Waals surface area (Å²) >= 11 is 0. The van der Waals surface area contributed by atoms with Gasteiger partial charge in [-0.05, 0) is 167 Å². The predicted octanol–water partition coefficient (Wildman–Crippen LogP) is 20.1. The fraction of sp³-hybridized carbons (Fsp3) is 0.0370. The van der Waals surface area contributed by atoms with Crippen molar-refractivity contribution in [3.8, 4) is 33.4 Å². The standard InChI is InChI=1S/C81H53NO/c1-7-25-54(26-8-1)79(55-27-9-2-10-28-55)73-42-24-21-39-65(73)67-52-76-68(53-75(67)79)66-46-44-62(51-74(66)80(76,56-29-11-3-12-30-56)57-31-13-4-14-32-57)82(60-35-17-6-18-36-60)61-45-48-78-70(50-61)69-49-59(43-47-77(69)83-78)81(58-33-15-5-16-34-58)71-40-22-19-37-63(71)64-38-20-23-41-72(64)81/h1-53H. The Labute approximate surface area is 483 Å². The highest BCUT2D eigenvalue weighted by Crippen LogP contribution is 2.64. The van der Waals surface area contributed by atoms with Crippen molar-refractivity contribution in [2.75, 3.05) is 4.90 Å². The van der Waals surface area contributed by atoms with Gasteiger partial charge in [-0.15, -0.1) is 0 Å². The molecule has 13 aromatic carbocycles. The van der Waals surface area contributed by atoms with Crippen LogP contribution in [0.4, 0.5) is 17.1 Å². The number of nitrogens with zero attached hydrogens (tertiary/aromatic N) is 1. The summed E-state index contributed by atoms with van der Waals surface area (Å²) < 4.78 is 6.82. The molecule has 0 aliphatic heterocycles. The van der Waals surface area contributed by atoms with Crippen LogP contribution in [-0.4, -0.2) is 0 Å². The molecule has 0 atom stereocenters. The Morgan fingerprint density at radius 3 is 1.00 bits per heavy atom. The highest BCUT2D eigenvalue weighted by atomic mass is 16.3. The van der Waals surface area contributed by atoms with Crippen molar-refractivity contribution in [2.24, 2.45) is 0 Å². The van der Waals surface area contributed by atoms with Crippen molar-refractivity contribution >= 4 is 39.0 Å². The van der Waals surface area contributed by atoms with Crippen LogP contribution in [0, 0.1) is 0 Å². The normalized spacial score (nSPS) is 14.3. The number of rotatable bonds is 9. The Morgan fingerprint density at radius 1 is 0.205 bits per heavy atom. The number of hydrogen-bond acceptors (Lipinski definition) is 2. The van der Waals surface area contributed by atoms with E-state index in [0.29, 0.717) is 0 Å². The lowest BCUT2D eigenvalue weighted by Gasteiger charge is -2.36. The first-order valence-electron chi connectivity index (χ1n) is 28.9. The SMILES string of the molecule is c1ccc(N(c2ccc3c(c2)C(c2ccccc2)(c2ccccc2)c2cc4c(cc2-3)C(c2ccccc2)(c2ccccc2)c2ccccc2-4)c2ccc3oc4ccc(C5(c6ccccc6)c6ccccc6-c6ccccc65)cc4c3c2)cc1. The van der Waals surface area contributed by atoms with Crippen molar-refractivity contribution in [2.45, 2.75) is 16.2 Å². The minimum atomic E-state index is -0.687. The summed E-state index contributed by atoms with van der Waals surface area (Å²) in [6.45, 7) is 0. The molecule has 0 amide bonds. The smallest absolute Gasteiger partial charge is 0.135 e. The van der Waals surface area contributed by atoms with E-state index in [1.165, 1.54) is 100 Å². The number of hydrogen-bond donors (Lipinski definition) is 0. The molecule has 0 fully saturated rings. The zero-order valence-electron chi connectivity index (χ0n) is 45.5. The van der Waals surface area contributed by atoms with Crippen molar-refractivity contribution in [1.82, 2.24) is 0 Å². The van der Waals surface area contributed by atoms with Gasteiger partial charge in [-0.2, -0.15) is 0 Å². The Morgan fingerprint density at radius 2 is 0.530 bits per heavy atom. The van der Waals surface area contributed by atoms with Gasteiger partial charge in [-0.3, -0.25) is 0 Å². The summed E-state index contributed by atoms with van der Waals surface area (Å²) in [6.07, 6.45) is 0. The van der Waals surface area contributed by atoms with Crippen LogP contribution in [0.15, 0.2) is 326 Å². The summed E-state index contributed by atoms with van der Waals surface area (Å²) in [4.78, 5) is 2.44. The zero-order valence-corrected chi connectivity index (χ0v) is 45.5. The van der Waals surface area contributed by atoms with Gasteiger partial charge in [0.2, 0.25) is 0 Å². The van der Waals surface area contributed by atoms with Crippen LogP contribution < -0.4 is 4.90 Å². The van der Waals surface area contributed by atoms with Crippen LogP contribution in [0.25, 0.3) is 55.3 Å². The van der Waals surface area contributed by atoms with Gasteiger partial charge < -0.3 is 9.32 Å². The molecule has 83 heavy (non-hydrogen) atoms. The van der Waals surface area contributed by atoms with E-state index in [-0.39, 0.29) is 0 Å². The number of para-hydroxylation sites is 1. The van der Waals surface area contributed by atoms with Gasteiger partial charge in [-0.25, -0.2) is 0 Å². The molecule has 0 spiro atoms. The summed E-state index contributed by atoms with van der Waals surface area (Å²) in [5, 5.41) is 2.15. The lowest BCUT2D eigenvalue weighted by atomic mass is 9.66.